The predicted octanol–water partition coefficient (Wildman–Crippen LogP) is 1.66. The fourth-order valence-electron chi connectivity index (χ4n) is 5.36. The van der Waals surface area contributed by atoms with Gasteiger partial charge in [0.1, 0.15) is 5.82 Å². The lowest BCUT2D eigenvalue weighted by molar-refractivity contribution is -0.137. The van der Waals surface area contributed by atoms with Crippen molar-refractivity contribution in [3.63, 3.8) is 0 Å². The average Bonchev–Trinajstić information content (AvgIpc) is 3.08. The number of allylic oxidation sites excluding steroid dienone is 1. The minimum absolute atomic E-state index is 0.0749. The molecule has 1 fully saturated rings. The Morgan fingerprint density at radius 1 is 1.04 bits per heavy atom. The molecule has 0 unspecified atom stereocenters. The Morgan fingerprint density at radius 2 is 1.78 bits per heavy atom. The van der Waals surface area contributed by atoms with Crippen LogP contribution in [0.3, 0.4) is 0 Å². The van der Waals surface area contributed by atoms with Crippen LogP contribution >= 0.6 is 0 Å². The topological polar surface area (TPSA) is 116 Å². The molecule has 1 saturated heterocycles. The van der Waals surface area contributed by atoms with Crippen LogP contribution in [0.2, 0.25) is 0 Å². The molecule has 0 spiro atoms. The highest BCUT2D eigenvalue weighted by Gasteiger charge is 2.27. The first kappa shape index (κ1) is 34.0. The Kier molecular flexibility index (Phi) is 12.5. The number of hydrogen-bond acceptors (Lipinski definition) is 6. The predicted molar refractivity (Wildman–Crippen MR) is 174 cm³/mol. The second-order valence-corrected chi connectivity index (χ2v) is 11.0. The molecule has 2 heterocycles. The van der Waals surface area contributed by atoms with Crippen LogP contribution in [0.25, 0.3) is 12.2 Å². The van der Waals surface area contributed by atoms with Crippen molar-refractivity contribution in [1.82, 2.24) is 24.9 Å². The van der Waals surface area contributed by atoms with E-state index in [-0.39, 0.29) is 56.2 Å². The molecule has 0 aliphatic carbocycles. The quantitative estimate of drug-likeness (QED) is 0.214. The summed E-state index contributed by atoms with van der Waals surface area (Å²) in [5.74, 6) is -1.34. The second-order valence-electron chi connectivity index (χ2n) is 11.0. The number of aryl methyl sites for hydroxylation is 1. The lowest BCUT2D eigenvalue weighted by atomic mass is 10.0. The summed E-state index contributed by atoms with van der Waals surface area (Å²) < 4.78 is 20.5. The van der Waals surface area contributed by atoms with E-state index in [9.17, 15) is 23.6 Å². The molecule has 0 bridgehead atoms. The Bertz CT molecular complexity index is 1700. The van der Waals surface area contributed by atoms with Crippen molar-refractivity contribution < 1.29 is 23.5 Å². The van der Waals surface area contributed by atoms with Gasteiger partial charge in [-0.1, -0.05) is 61.2 Å². The molecule has 10 nitrogen and oxygen atoms in total. The minimum atomic E-state index is -0.647. The number of ether oxygens (including phenoxy) is 1. The van der Waals surface area contributed by atoms with Gasteiger partial charge in [0.05, 0.1) is 24.4 Å². The number of hydrogen-bond donors (Lipinski definition) is 1. The van der Waals surface area contributed by atoms with E-state index in [0.29, 0.717) is 47.9 Å². The molecule has 3 aromatic rings. The number of H-pyrrole nitrogens is 1. The standard InChI is InChI=1S/C35H40FN5O5/c1-3-9-29-28(4-2)34(44)38-37-32(29)23-27-13-14-31(36)30(22-27)35(45)41-17-15-40(16-18-41)33(43)24-39(25-42)19-21-46-20-8-12-26-10-6-5-7-11-26/h3-7,9-11,13-14,22,25H,1,8,12,15-21,23-24H2,2H3,(H,38,44)/b28-4+,29-9+. The number of aromatic amines is 1. The number of carbonyl (C=O) groups excluding carboxylic acids is 3. The van der Waals surface area contributed by atoms with Crippen LogP contribution in [0, 0.1) is 5.82 Å². The van der Waals surface area contributed by atoms with Crippen molar-refractivity contribution in [2.75, 3.05) is 52.5 Å². The molecule has 0 saturated carbocycles. The molecule has 1 aliphatic rings. The Morgan fingerprint density at radius 3 is 2.48 bits per heavy atom. The van der Waals surface area contributed by atoms with Crippen molar-refractivity contribution in [3.8, 4) is 0 Å². The number of halogens is 1. The molecule has 1 N–H and O–H groups in total. The Hall–Kier alpha value is -4.90. The summed E-state index contributed by atoms with van der Waals surface area (Å²) in [7, 11) is 0. The van der Waals surface area contributed by atoms with Crippen LogP contribution in [-0.2, 0) is 27.2 Å². The molecular weight excluding hydrogens is 589 g/mol. The first-order chi connectivity index (χ1) is 22.3. The van der Waals surface area contributed by atoms with E-state index in [4.69, 9.17) is 4.74 Å². The third kappa shape index (κ3) is 9.07. The lowest BCUT2D eigenvalue weighted by Crippen LogP contribution is -2.52. The largest absolute Gasteiger partial charge is 0.380 e. The van der Waals surface area contributed by atoms with Crippen LogP contribution in [0.1, 0.15) is 40.5 Å². The van der Waals surface area contributed by atoms with Gasteiger partial charge in [-0.25, -0.2) is 9.49 Å². The number of benzene rings is 2. The maximum atomic E-state index is 14.9. The van der Waals surface area contributed by atoms with Gasteiger partial charge in [-0.05, 0) is 43.0 Å². The van der Waals surface area contributed by atoms with E-state index < -0.39 is 11.7 Å². The molecule has 3 amide bonds. The van der Waals surface area contributed by atoms with Gasteiger partial charge in [-0.2, -0.15) is 5.10 Å². The number of aromatic nitrogens is 2. The van der Waals surface area contributed by atoms with E-state index >= 15 is 0 Å². The molecule has 0 atom stereocenters. The fourth-order valence-corrected chi connectivity index (χ4v) is 5.36. The molecule has 2 aromatic carbocycles. The van der Waals surface area contributed by atoms with E-state index in [0.717, 1.165) is 12.8 Å². The van der Waals surface area contributed by atoms with Gasteiger partial charge < -0.3 is 19.4 Å². The number of amides is 3. The number of nitrogens with one attached hydrogen (secondary N) is 1. The SMILES string of the molecule is C=C/C=c1/c(Cc2ccc(F)c(C(=O)N3CCN(C(=O)CN(C=O)CCOCCCc4ccccc4)CC3)c2)n[nH]c(=O)/c1=C/C. The van der Waals surface area contributed by atoms with Gasteiger partial charge in [0.2, 0.25) is 12.3 Å². The number of nitrogens with zero attached hydrogens (tertiary/aromatic N) is 4. The van der Waals surface area contributed by atoms with E-state index in [1.807, 2.05) is 18.2 Å². The highest BCUT2D eigenvalue weighted by Crippen LogP contribution is 2.16. The van der Waals surface area contributed by atoms with Crippen LogP contribution in [0.15, 0.2) is 66.0 Å². The molecule has 4 rings (SSSR count). The summed E-state index contributed by atoms with van der Waals surface area (Å²) in [4.78, 5) is 54.5. The monoisotopic (exact) mass is 629 g/mol. The van der Waals surface area contributed by atoms with Gasteiger partial charge in [-0.15, -0.1) is 0 Å². The van der Waals surface area contributed by atoms with Gasteiger partial charge >= 0.3 is 0 Å². The highest BCUT2D eigenvalue weighted by atomic mass is 19.1. The molecule has 242 valence electrons. The smallest absolute Gasteiger partial charge is 0.271 e. The first-order valence-corrected chi connectivity index (χ1v) is 15.4. The zero-order chi connectivity index (χ0) is 32.9. The third-order valence-corrected chi connectivity index (χ3v) is 7.87. The van der Waals surface area contributed by atoms with Crippen LogP contribution in [0.5, 0.6) is 0 Å². The van der Waals surface area contributed by atoms with Crippen molar-refractivity contribution in [1.29, 1.82) is 0 Å². The van der Waals surface area contributed by atoms with Crippen LogP contribution in [0.4, 0.5) is 4.39 Å². The summed E-state index contributed by atoms with van der Waals surface area (Å²) >= 11 is 0. The minimum Gasteiger partial charge on any atom is -0.380 e. The van der Waals surface area contributed by atoms with Crippen molar-refractivity contribution >= 4 is 30.4 Å². The highest BCUT2D eigenvalue weighted by molar-refractivity contribution is 5.95. The molecule has 1 aliphatic heterocycles. The van der Waals surface area contributed by atoms with Crippen molar-refractivity contribution in [3.05, 3.63) is 110 Å². The lowest BCUT2D eigenvalue weighted by Gasteiger charge is -2.35. The first-order valence-electron chi connectivity index (χ1n) is 15.4. The Balaban J connectivity index is 1.28. The van der Waals surface area contributed by atoms with Crippen LogP contribution in [-0.4, -0.2) is 95.6 Å². The van der Waals surface area contributed by atoms with Crippen molar-refractivity contribution in [2.45, 2.75) is 26.2 Å². The number of carbonyl (C=O) groups is 3. The maximum absolute atomic E-state index is 14.9. The van der Waals surface area contributed by atoms with Crippen molar-refractivity contribution in [2.24, 2.45) is 0 Å². The maximum Gasteiger partial charge on any atom is 0.271 e. The van der Waals surface area contributed by atoms with E-state index in [1.54, 1.807) is 36.1 Å². The van der Waals surface area contributed by atoms with Crippen LogP contribution < -0.4 is 16.0 Å². The zero-order valence-electron chi connectivity index (χ0n) is 26.1. The summed E-state index contributed by atoms with van der Waals surface area (Å²) in [6, 6.07) is 14.5. The third-order valence-electron chi connectivity index (χ3n) is 7.87. The van der Waals surface area contributed by atoms with Gasteiger partial charge in [0, 0.05) is 56.2 Å². The average molecular weight is 630 g/mol. The number of piperazine rings is 1. The molecule has 0 radical (unpaired) electrons. The summed E-state index contributed by atoms with van der Waals surface area (Å²) in [5, 5.41) is 7.73. The molecule has 11 heteroatoms. The normalized spacial score (nSPS) is 14.0. The fraction of sp³-hybridized carbons (Fsp3) is 0.343. The van der Waals surface area contributed by atoms with E-state index in [1.165, 1.54) is 27.5 Å². The molecule has 46 heavy (non-hydrogen) atoms. The summed E-state index contributed by atoms with van der Waals surface area (Å²) in [5.41, 5.74) is 2.05. The second kappa shape index (κ2) is 17.0. The summed E-state index contributed by atoms with van der Waals surface area (Å²) in [6.07, 6.45) is 7.61. The van der Waals surface area contributed by atoms with E-state index in [2.05, 4.69) is 28.9 Å². The van der Waals surface area contributed by atoms with Gasteiger partial charge in [0.25, 0.3) is 11.5 Å². The molecule has 1 aromatic heterocycles. The molecular formula is C35H40FN5O5. The zero-order valence-corrected chi connectivity index (χ0v) is 26.1. The Labute approximate surface area is 267 Å². The number of rotatable bonds is 14. The summed E-state index contributed by atoms with van der Waals surface area (Å²) in [6.45, 7) is 7.58. The van der Waals surface area contributed by atoms with Gasteiger partial charge in [0.15, 0.2) is 0 Å². The van der Waals surface area contributed by atoms with Gasteiger partial charge in [-0.3, -0.25) is 19.2 Å².